The number of rotatable bonds is 5. The molecule has 0 atom stereocenters. The number of phenolic OH excluding ortho intramolecular Hbond substituents is 1. The predicted octanol–water partition coefficient (Wildman–Crippen LogP) is 4.91. The number of phenols is 1. The number of carbonyl (C=O) groups is 2. The summed E-state index contributed by atoms with van der Waals surface area (Å²) in [6.45, 7) is 4.24. The molecular weight excluding hydrogens is 507 g/mol. The van der Waals surface area contributed by atoms with E-state index >= 15 is 0 Å². The Bertz CT molecular complexity index is 1400. The molecule has 3 aromatic carbocycles. The number of nitrogens with one attached hydrogen (secondary N) is 1. The van der Waals surface area contributed by atoms with Crippen LogP contribution in [-0.4, -0.2) is 54.5 Å². The van der Waals surface area contributed by atoms with Crippen LogP contribution in [0.15, 0.2) is 66.7 Å². The molecule has 2 amide bonds. The Kier molecular flexibility index (Phi) is 8.45. The zero-order valence-electron chi connectivity index (χ0n) is 21.4. The second-order valence-electron chi connectivity index (χ2n) is 9.18. The van der Waals surface area contributed by atoms with E-state index in [1.807, 2.05) is 19.1 Å². The van der Waals surface area contributed by atoms with E-state index in [4.69, 9.17) is 0 Å². The molecular formula is C30H28F3N3O3. The minimum Gasteiger partial charge on any atom is -0.508 e. The number of benzene rings is 3. The van der Waals surface area contributed by atoms with Crippen LogP contribution in [0.3, 0.4) is 0 Å². The van der Waals surface area contributed by atoms with Crippen molar-refractivity contribution in [1.82, 2.24) is 10.2 Å². The number of alkyl halides is 3. The monoisotopic (exact) mass is 535 g/mol. The molecule has 0 saturated carbocycles. The summed E-state index contributed by atoms with van der Waals surface area (Å²) in [6, 6.07) is 16.4. The van der Waals surface area contributed by atoms with Crippen LogP contribution in [0.4, 0.5) is 18.9 Å². The summed E-state index contributed by atoms with van der Waals surface area (Å²) >= 11 is 0. The van der Waals surface area contributed by atoms with Crippen molar-refractivity contribution in [3.8, 4) is 17.6 Å². The molecule has 2 N–H and O–H groups in total. The lowest BCUT2D eigenvalue weighted by Crippen LogP contribution is -2.48. The van der Waals surface area contributed by atoms with Gasteiger partial charge in [0.1, 0.15) is 5.75 Å². The predicted molar refractivity (Wildman–Crippen MR) is 143 cm³/mol. The maximum atomic E-state index is 13.6. The van der Waals surface area contributed by atoms with Crippen molar-refractivity contribution in [2.24, 2.45) is 0 Å². The molecule has 4 rings (SSSR count). The molecule has 6 nitrogen and oxygen atoms in total. The number of nitrogens with zero attached hydrogens (tertiary/aromatic N) is 2. The van der Waals surface area contributed by atoms with Gasteiger partial charge in [-0.1, -0.05) is 24.8 Å². The first-order valence-electron chi connectivity index (χ1n) is 12.6. The molecule has 39 heavy (non-hydrogen) atoms. The van der Waals surface area contributed by atoms with Gasteiger partial charge in [0.15, 0.2) is 0 Å². The fraction of sp³-hybridized carbons (Fsp3) is 0.267. The smallest absolute Gasteiger partial charge is 0.416 e. The van der Waals surface area contributed by atoms with Crippen LogP contribution < -0.4 is 10.2 Å². The highest BCUT2D eigenvalue weighted by Gasteiger charge is 2.32. The summed E-state index contributed by atoms with van der Waals surface area (Å²) in [5.74, 6) is 4.78. The lowest BCUT2D eigenvalue weighted by molar-refractivity contribution is -0.137. The first-order valence-corrected chi connectivity index (χ1v) is 12.6. The van der Waals surface area contributed by atoms with Crippen LogP contribution in [-0.2, 0) is 6.18 Å². The zero-order valence-corrected chi connectivity index (χ0v) is 21.4. The van der Waals surface area contributed by atoms with Crippen LogP contribution in [0.5, 0.6) is 5.75 Å². The molecule has 0 aromatic heterocycles. The van der Waals surface area contributed by atoms with E-state index in [0.29, 0.717) is 43.9 Å². The highest BCUT2D eigenvalue weighted by Crippen LogP contribution is 2.31. The maximum Gasteiger partial charge on any atom is 0.416 e. The van der Waals surface area contributed by atoms with Crippen molar-refractivity contribution in [3.05, 3.63) is 94.5 Å². The lowest BCUT2D eigenvalue weighted by Gasteiger charge is -2.36. The molecule has 9 heteroatoms. The number of piperazine rings is 1. The van der Waals surface area contributed by atoms with Gasteiger partial charge in [-0.3, -0.25) is 9.59 Å². The van der Waals surface area contributed by atoms with E-state index in [1.54, 1.807) is 24.3 Å². The summed E-state index contributed by atoms with van der Waals surface area (Å²) in [6.07, 6.45) is -3.79. The number of aromatic hydroxyl groups is 1. The number of amides is 2. The third kappa shape index (κ3) is 7.11. The summed E-state index contributed by atoms with van der Waals surface area (Å²) < 4.78 is 40.8. The third-order valence-electron chi connectivity index (χ3n) is 6.30. The van der Waals surface area contributed by atoms with Gasteiger partial charge in [-0.25, -0.2) is 0 Å². The van der Waals surface area contributed by atoms with Gasteiger partial charge in [0.25, 0.3) is 11.8 Å². The Labute approximate surface area is 225 Å². The summed E-state index contributed by atoms with van der Waals surface area (Å²) in [5, 5.41) is 12.4. The molecule has 1 fully saturated rings. The topological polar surface area (TPSA) is 72.9 Å². The number of carbonyl (C=O) groups excluding carboxylic acids is 2. The van der Waals surface area contributed by atoms with Crippen LogP contribution in [0.25, 0.3) is 0 Å². The maximum absolute atomic E-state index is 13.6. The first-order chi connectivity index (χ1) is 18.6. The van der Waals surface area contributed by atoms with Gasteiger partial charge in [-0.2, -0.15) is 13.2 Å². The van der Waals surface area contributed by atoms with Gasteiger partial charge >= 0.3 is 6.18 Å². The molecule has 0 unspecified atom stereocenters. The molecule has 3 aromatic rings. The fourth-order valence-electron chi connectivity index (χ4n) is 4.23. The highest BCUT2D eigenvalue weighted by molar-refractivity contribution is 5.95. The summed E-state index contributed by atoms with van der Waals surface area (Å²) in [5.41, 5.74) is 0.923. The molecule has 0 radical (unpaired) electrons. The van der Waals surface area contributed by atoms with Crippen molar-refractivity contribution < 1.29 is 27.9 Å². The second kappa shape index (κ2) is 11.9. The van der Waals surface area contributed by atoms with Crippen molar-refractivity contribution in [2.75, 3.05) is 37.6 Å². The van der Waals surface area contributed by atoms with Crippen LogP contribution in [0, 0.1) is 11.8 Å². The average Bonchev–Trinajstić information content (AvgIpc) is 2.94. The van der Waals surface area contributed by atoms with Crippen LogP contribution in [0.2, 0.25) is 0 Å². The first kappa shape index (κ1) is 27.6. The SMILES string of the molecule is CCCNC(=O)c1ccc(N2CCN(C(=O)c3cc(C#Cc4cccc(O)c4)cc(C(F)(F)F)c3)CC2)cc1. The molecule has 202 valence electrons. The Balaban J connectivity index is 1.47. The van der Waals surface area contributed by atoms with Crippen LogP contribution >= 0.6 is 0 Å². The molecule has 0 bridgehead atoms. The summed E-state index contributed by atoms with van der Waals surface area (Å²) in [4.78, 5) is 28.9. The van der Waals surface area contributed by atoms with E-state index in [-0.39, 0.29) is 22.8 Å². The van der Waals surface area contributed by atoms with Gasteiger partial charge in [0.2, 0.25) is 0 Å². The van der Waals surface area contributed by atoms with Crippen molar-refractivity contribution in [1.29, 1.82) is 0 Å². The number of halogens is 3. The highest BCUT2D eigenvalue weighted by atomic mass is 19.4. The normalized spacial score (nSPS) is 13.4. The Hall–Kier alpha value is -4.45. The Morgan fingerprint density at radius 1 is 0.897 bits per heavy atom. The van der Waals surface area contributed by atoms with Crippen molar-refractivity contribution in [2.45, 2.75) is 19.5 Å². The fourth-order valence-corrected chi connectivity index (χ4v) is 4.23. The van der Waals surface area contributed by atoms with E-state index in [1.165, 1.54) is 23.1 Å². The molecule has 1 aliphatic rings. The number of hydrogen-bond donors (Lipinski definition) is 2. The van der Waals surface area contributed by atoms with Gasteiger partial charge in [-0.15, -0.1) is 0 Å². The standard InChI is InChI=1S/C30H28F3N3O3/c1-2-12-34-28(38)23-8-10-26(11-9-23)35-13-15-36(16-14-35)29(39)24-17-22(18-25(20-24)30(31,32)33)7-6-21-4-3-5-27(37)19-21/h3-5,8-11,17-20,37H,2,12-16H2,1H3,(H,34,38). The van der Waals surface area contributed by atoms with Gasteiger partial charge in [0.05, 0.1) is 5.56 Å². The van der Waals surface area contributed by atoms with E-state index in [9.17, 15) is 27.9 Å². The molecule has 1 saturated heterocycles. The largest absolute Gasteiger partial charge is 0.508 e. The Morgan fingerprint density at radius 3 is 2.23 bits per heavy atom. The second-order valence-corrected chi connectivity index (χ2v) is 9.18. The van der Waals surface area contributed by atoms with Crippen molar-refractivity contribution in [3.63, 3.8) is 0 Å². The van der Waals surface area contributed by atoms with Gasteiger partial charge in [0, 0.05) is 60.7 Å². The van der Waals surface area contributed by atoms with Crippen molar-refractivity contribution >= 4 is 17.5 Å². The number of hydrogen-bond acceptors (Lipinski definition) is 4. The quantitative estimate of drug-likeness (QED) is 0.456. The summed E-state index contributed by atoms with van der Waals surface area (Å²) in [7, 11) is 0. The molecule has 1 heterocycles. The van der Waals surface area contributed by atoms with Gasteiger partial charge < -0.3 is 20.2 Å². The number of anilines is 1. The van der Waals surface area contributed by atoms with E-state index < -0.39 is 17.6 Å². The van der Waals surface area contributed by atoms with Crippen LogP contribution in [0.1, 0.15) is 50.8 Å². The Morgan fingerprint density at radius 2 is 1.59 bits per heavy atom. The van der Waals surface area contributed by atoms with E-state index in [0.717, 1.165) is 24.2 Å². The minimum atomic E-state index is -4.64. The minimum absolute atomic E-state index is 0.00531. The molecule has 0 spiro atoms. The molecule has 0 aliphatic carbocycles. The third-order valence-corrected chi connectivity index (χ3v) is 6.30. The lowest BCUT2D eigenvalue weighted by atomic mass is 10.0. The van der Waals surface area contributed by atoms with E-state index in [2.05, 4.69) is 22.1 Å². The van der Waals surface area contributed by atoms with Gasteiger partial charge in [-0.05, 0) is 67.1 Å². The molecule has 1 aliphatic heterocycles. The zero-order chi connectivity index (χ0) is 28.0. The average molecular weight is 536 g/mol.